The summed E-state index contributed by atoms with van der Waals surface area (Å²) >= 11 is 0. The van der Waals surface area contributed by atoms with Gasteiger partial charge in [-0.1, -0.05) is 18.2 Å². The van der Waals surface area contributed by atoms with Crippen LogP contribution in [0.25, 0.3) is 0 Å². The largest absolute Gasteiger partial charge is 0.446 e. The third-order valence-corrected chi connectivity index (χ3v) is 5.61. The van der Waals surface area contributed by atoms with Gasteiger partial charge in [-0.15, -0.1) is 0 Å². The number of aromatic nitrogens is 2. The van der Waals surface area contributed by atoms with Crippen LogP contribution in [0.5, 0.6) is 0 Å². The number of rotatable bonds is 6. The van der Waals surface area contributed by atoms with E-state index in [9.17, 15) is 22.8 Å². The van der Waals surface area contributed by atoms with Crippen LogP contribution < -0.4 is 10.6 Å². The molecular weight excluding hydrogens is 429 g/mol. The maximum atomic E-state index is 13.0. The highest BCUT2D eigenvalue weighted by molar-refractivity contribution is 5.93. The molecule has 4 rings (SSSR count). The Kier molecular flexibility index (Phi) is 6.35. The van der Waals surface area contributed by atoms with Crippen molar-refractivity contribution in [3.63, 3.8) is 0 Å². The Morgan fingerprint density at radius 1 is 1.25 bits per heavy atom. The zero-order valence-corrected chi connectivity index (χ0v) is 17.1. The third-order valence-electron chi connectivity index (χ3n) is 5.61. The normalized spacial score (nSPS) is 22.8. The Bertz CT molecular complexity index is 966. The van der Waals surface area contributed by atoms with Gasteiger partial charge in [0.1, 0.15) is 18.0 Å². The molecule has 2 fully saturated rings. The van der Waals surface area contributed by atoms with Crippen molar-refractivity contribution in [1.82, 2.24) is 15.5 Å². The van der Waals surface area contributed by atoms with Gasteiger partial charge in [0.2, 0.25) is 0 Å². The number of aromatic amines is 1. The highest BCUT2D eigenvalue weighted by Gasteiger charge is 2.36. The first-order valence-electron chi connectivity index (χ1n) is 10.4. The molecule has 0 bridgehead atoms. The third kappa shape index (κ3) is 5.21. The SMILES string of the molecule is O=C(NCc1ccccc1C(F)(F)F)OC1CC(c2cc(NC(=O)[C@H]3CCCO3)[nH]n2)C1. The molecule has 2 heterocycles. The molecule has 172 valence electrons. The molecule has 2 amide bonds. The number of anilines is 1. The Hall–Kier alpha value is -3.08. The van der Waals surface area contributed by atoms with Gasteiger partial charge in [0, 0.05) is 25.1 Å². The predicted octanol–water partition coefficient (Wildman–Crippen LogP) is 3.72. The number of carbonyl (C=O) groups is 2. The maximum absolute atomic E-state index is 13.0. The molecule has 32 heavy (non-hydrogen) atoms. The summed E-state index contributed by atoms with van der Waals surface area (Å²) in [4.78, 5) is 24.1. The van der Waals surface area contributed by atoms with Crippen molar-refractivity contribution in [3.05, 3.63) is 47.2 Å². The molecule has 1 atom stereocenters. The van der Waals surface area contributed by atoms with Crippen molar-refractivity contribution in [1.29, 1.82) is 0 Å². The van der Waals surface area contributed by atoms with E-state index in [-0.39, 0.29) is 30.0 Å². The van der Waals surface area contributed by atoms with Crippen molar-refractivity contribution >= 4 is 17.8 Å². The second-order valence-electron chi connectivity index (χ2n) is 7.90. The number of nitrogens with one attached hydrogen (secondary N) is 3. The standard InChI is InChI=1S/C21H23F3N4O4/c22-21(23,24)15-5-2-1-4-12(15)11-25-20(30)32-14-8-13(9-14)16-10-18(28-27-16)26-19(29)17-6-3-7-31-17/h1-2,4-5,10,13-14,17H,3,6-9,11H2,(H,25,30)(H2,26,27,28,29)/t13?,14?,17-/m1/s1. The summed E-state index contributed by atoms with van der Waals surface area (Å²) in [5, 5.41) is 12.1. The molecule has 0 unspecified atom stereocenters. The van der Waals surface area contributed by atoms with E-state index in [1.54, 1.807) is 6.07 Å². The Labute approximate surface area is 181 Å². The van der Waals surface area contributed by atoms with E-state index < -0.39 is 23.9 Å². The number of ether oxygens (including phenoxy) is 2. The summed E-state index contributed by atoms with van der Waals surface area (Å²) in [6.07, 6.45) is -3.42. The second kappa shape index (κ2) is 9.19. The minimum Gasteiger partial charge on any atom is -0.446 e. The molecule has 2 aliphatic rings. The number of benzene rings is 1. The molecule has 2 aromatic rings. The lowest BCUT2D eigenvalue weighted by atomic mass is 9.80. The van der Waals surface area contributed by atoms with Crippen LogP contribution in [0.1, 0.15) is 48.4 Å². The molecule has 1 aliphatic carbocycles. The van der Waals surface area contributed by atoms with E-state index in [1.807, 2.05) is 0 Å². The number of alkyl carbamates (subject to hydrolysis) is 1. The summed E-state index contributed by atoms with van der Waals surface area (Å²) in [6, 6.07) is 6.81. The minimum atomic E-state index is -4.49. The van der Waals surface area contributed by atoms with Gasteiger partial charge >= 0.3 is 12.3 Å². The van der Waals surface area contributed by atoms with Gasteiger partial charge in [-0.3, -0.25) is 9.89 Å². The van der Waals surface area contributed by atoms with Crippen LogP contribution in [-0.2, 0) is 27.0 Å². The number of halogens is 3. The van der Waals surface area contributed by atoms with Gasteiger partial charge < -0.3 is 20.1 Å². The summed E-state index contributed by atoms with van der Waals surface area (Å²) in [5.41, 5.74) is -0.0746. The van der Waals surface area contributed by atoms with Crippen molar-refractivity contribution in [2.24, 2.45) is 0 Å². The lowest BCUT2D eigenvalue weighted by Gasteiger charge is -2.33. The highest BCUT2D eigenvalue weighted by atomic mass is 19.4. The molecule has 1 saturated heterocycles. The van der Waals surface area contributed by atoms with Gasteiger partial charge in [0.05, 0.1) is 11.3 Å². The Morgan fingerprint density at radius 3 is 2.75 bits per heavy atom. The fourth-order valence-electron chi connectivity index (χ4n) is 3.82. The number of H-pyrrole nitrogens is 1. The molecular formula is C21H23F3N4O4. The predicted molar refractivity (Wildman–Crippen MR) is 107 cm³/mol. The number of carbonyl (C=O) groups excluding carboxylic acids is 2. The minimum absolute atomic E-state index is 0.0301. The fourth-order valence-corrected chi connectivity index (χ4v) is 3.82. The number of hydrogen-bond acceptors (Lipinski definition) is 5. The van der Waals surface area contributed by atoms with Crippen LogP contribution in [-0.4, -0.2) is 41.0 Å². The summed E-state index contributed by atoms with van der Waals surface area (Å²) < 4.78 is 49.7. The first kappa shape index (κ1) is 22.1. The summed E-state index contributed by atoms with van der Waals surface area (Å²) in [5.74, 6) is 0.325. The second-order valence-corrected chi connectivity index (χ2v) is 7.90. The molecule has 11 heteroatoms. The van der Waals surface area contributed by atoms with Crippen LogP contribution in [0.15, 0.2) is 30.3 Å². The summed E-state index contributed by atoms with van der Waals surface area (Å²) in [7, 11) is 0. The molecule has 1 saturated carbocycles. The molecule has 8 nitrogen and oxygen atoms in total. The Balaban J connectivity index is 1.21. The molecule has 1 aromatic carbocycles. The van der Waals surface area contributed by atoms with Crippen molar-refractivity contribution in [2.75, 3.05) is 11.9 Å². The monoisotopic (exact) mass is 452 g/mol. The van der Waals surface area contributed by atoms with E-state index in [0.717, 1.165) is 18.2 Å². The molecule has 3 N–H and O–H groups in total. The topological polar surface area (TPSA) is 105 Å². The van der Waals surface area contributed by atoms with E-state index in [1.165, 1.54) is 18.2 Å². The highest BCUT2D eigenvalue weighted by Crippen LogP contribution is 2.38. The average Bonchev–Trinajstić information content (AvgIpc) is 3.40. The molecule has 1 aliphatic heterocycles. The van der Waals surface area contributed by atoms with E-state index in [0.29, 0.717) is 31.7 Å². The lowest BCUT2D eigenvalue weighted by Crippen LogP contribution is -2.36. The van der Waals surface area contributed by atoms with E-state index in [2.05, 4.69) is 20.8 Å². The van der Waals surface area contributed by atoms with Crippen LogP contribution >= 0.6 is 0 Å². The zero-order chi connectivity index (χ0) is 22.7. The van der Waals surface area contributed by atoms with E-state index >= 15 is 0 Å². The Morgan fingerprint density at radius 2 is 2.03 bits per heavy atom. The van der Waals surface area contributed by atoms with Crippen LogP contribution in [0.3, 0.4) is 0 Å². The number of nitrogens with zero attached hydrogens (tertiary/aromatic N) is 1. The lowest BCUT2D eigenvalue weighted by molar-refractivity contribution is -0.138. The van der Waals surface area contributed by atoms with Crippen molar-refractivity contribution in [2.45, 2.75) is 56.5 Å². The smallest absolute Gasteiger partial charge is 0.416 e. The number of hydrogen-bond donors (Lipinski definition) is 3. The van der Waals surface area contributed by atoms with Gasteiger partial charge in [0.25, 0.3) is 5.91 Å². The molecule has 0 radical (unpaired) electrons. The average molecular weight is 452 g/mol. The van der Waals surface area contributed by atoms with E-state index in [4.69, 9.17) is 9.47 Å². The first-order valence-corrected chi connectivity index (χ1v) is 10.4. The molecule has 1 aromatic heterocycles. The fraction of sp³-hybridized carbons (Fsp3) is 0.476. The van der Waals surface area contributed by atoms with Crippen molar-refractivity contribution < 1.29 is 32.2 Å². The number of alkyl halides is 3. The van der Waals surface area contributed by atoms with Crippen LogP contribution in [0.4, 0.5) is 23.8 Å². The maximum Gasteiger partial charge on any atom is 0.416 e. The van der Waals surface area contributed by atoms with Gasteiger partial charge in [-0.05, 0) is 37.3 Å². The quantitative estimate of drug-likeness (QED) is 0.620. The van der Waals surface area contributed by atoms with Crippen LogP contribution in [0.2, 0.25) is 0 Å². The van der Waals surface area contributed by atoms with Crippen molar-refractivity contribution in [3.8, 4) is 0 Å². The zero-order valence-electron chi connectivity index (χ0n) is 17.1. The van der Waals surface area contributed by atoms with Gasteiger partial charge in [0.15, 0.2) is 0 Å². The first-order chi connectivity index (χ1) is 15.3. The van der Waals surface area contributed by atoms with Gasteiger partial charge in [-0.2, -0.15) is 18.3 Å². The summed E-state index contributed by atoms with van der Waals surface area (Å²) in [6.45, 7) is 0.302. The van der Waals surface area contributed by atoms with Crippen LogP contribution in [0, 0.1) is 0 Å². The molecule has 0 spiro atoms. The number of amides is 2. The van der Waals surface area contributed by atoms with Gasteiger partial charge in [-0.25, -0.2) is 4.79 Å².